The van der Waals surface area contributed by atoms with Crippen molar-refractivity contribution in [1.82, 2.24) is 5.43 Å². The number of hydrogen-bond acceptors (Lipinski definition) is 2. The number of amides is 1. The second-order valence-electron chi connectivity index (χ2n) is 5.59. The van der Waals surface area contributed by atoms with Gasteiger partial charge in [0.05, 0.1) is 5.71 Å². The van der Waals surface area contributed by atoms with Gasteiger partial charge in [-0.1, -0.05) is 70.5 Å². The van der Waals surface area contributed by atoms with E-state index in [0.29, 0.717) is 5.56 Å². The topological polar surface area (TPSA) is 41.5 Å². The van der Waals surface area contributed by atoms with E-state index in [2.05, 4.69) is 26.5 Å². The molecule has 0 aliphatic carbocycles. The van der Waals surface area contributed by atoms with E-state index in [1.807, 2.05) is 85.8 Å². The van der Waals surface area contributed by atoms with Crippen LogP contribution in [0.2, 0.25) is 0 Å². The number of rotatable bonds is 4. The van der Waals surface area contributed by atoms with Crippen LogP contribution in [0.4, 0.5) is 0 Å². The van der Waals surface area contributed by atoms with Gasteiger partial charge in [0.1, 0.15) is 0 Å². The van der Waals surface area contributed by atoms with Gasteiger partial charge in [0, 0.05) is 10.0 Å². The predicted molar refractivity (Wildman–Crippen MR) is 106 cm³/mol. The average Bonchev–Trinajstić information content (AvgIpc) is 2.67. The average molecular weight is 393 g/mol. The Morgan fingerprint density at radius 2 is 1.36 bits per heavy atom. The predicted octanol–water partition coefficient (Wildman–Crippen LogP) is 5.27. The lowest BCUT2D eigenvalue weighted by molar-refractivity contribution is 0.0955. The van der Waals surface area contributed by atoms with Crippen molar-refractivity contribution in [3.63, 3.8) is 0 Å². The molecular formula is C21H17BrN2O. The smallest absolute Gasteiger partial charge is 0.267 e. The van der Waals surface area contributed by atoms with Crippen molar-refractivity contribution < 1.29 is 4.79 Å². The Morgan fingerprint density at radius 1 is 0.800 bits per heavy atom. The quantitative estimate of drug-likeness (QED) is 0.476. The van der Waals surface area contributed by atoms with Gasteiger partial charge in [-0.15, -0.1) is 0 Å². The summed E-state index contributed by atoms with van der Waals surface area (Å²) in [6, 6.07) is 25.3. The molecule has 0 radical (unpaired) electrons. The van der Waals surface area contributed by atoms with Crippen LogP contribution >= 0.6 is 15.9 Å². The molecule has 0 saturated carbocycles. The van der Waals surface area contributed by atoms with Crippen LogP contribution in [0.1, 0.15) is 22.8 Å². The van der Waals surface area contributed by atoms with Crippen molar-refractivity contribution in [2.45, 2.75) is 6.92 Å². The van der Waals surface area contributed by atoms with Gasteiger partial charge in [-0.3, -0.25) is 4.79 Å². The van der Waals surface area contributed by atoms with E-state index < -0.39 is 0 Å². The molecule has 1 amide bonds. The van der Waals surface area contributed by atoms with Crippen LogP contribution in [0.3, 0.4) is 0 Å². The van der Waals surface area contributed by atoms with E-state index in [1.165, 1.54) is 0 Å². The first-order valence-corrected chi connectivity index (χ1v) is 8.69. The summed E-state index contributed by atoms with van der Waals surface area (Å²) in [6.07, 6.45) is 0. The maximum Gasteiger partial charge on any atom is 0.271 e. The molecule has 3 aromatic carbocycles. The SMILES string of the molecule is C/C(=N\NC(=O)c1ccc(-c2ccccc2)cc1)c1ccc(Br)cc1. The first-order valence-electron chi connectivity index (χ1n) is 7.89. The molecule has 0 aromatic heterocycles. The minimum absolute atomic E-state index is 0.226. The zero-order valence-electron chi connectivity index (χ0n) is 13.7. The van der Waals surface area contributed by atoms with Gasteiger partial charge in [-0.05, 0) is 47.9 Å². The van der Waals surface area contributed by atoms with Gasteiger partial charge in [-0.2, -0.15) is 5.10 Å². The van der Waals surface area contributed by atoms with E-state index >= 15 is 0 Å². The van der Waals surface area contributed by atoms with Crippen LogP contribution in [0.5, 0.6) is 0 Å². The zero-order valence-corrected chi connectivity index (χ0v) is 15.3. The molecule has 0 aliphatic heterocycles. The summed E-state index contributed by atoms with van der Waals surface area (Å²) in [6.45, 7) is 1.86. The standard InChI is InChI=1S/C21H17BrN2O/c1-15(16-11-13-20(22)14-12-16)23-24-21(25)19-9-7-18(8-10-19)17-5-3-2-4-6-17/h2-14H,1H3,(H,24,25)/b23-15+. The van der Waals surface area contributed by atoms with Gasteiger partial charge in [0.15, 0.2) is 0 Å². The van der Waals surface area contributed by atoms with Crippen molar-refractivity contribution in [2.75, 3.05) is 0 Å². The lowest BCUT2D eigenvalue weighted by Gasteiger charge is -2.05. The monoisotopic (exact) mass is 392 g/mol. The third-order valence-corrected chi connectivity index (χ3v) is 4.37. The highest BCUT2D eigenvalue weighted by Gasteiger charge is 2.06. The van der Waals surface area contributed by atoms with Gasteiger partial charge in [-0.25, -0.2) is 5.43 Å². The highest BCUT2D eigenvalue weighted by molar-refractivity contribution is 9.10. The van der Waals surface area contributed by atoms with Crippen molar-refractivity contribution in [2.24, 2.45) is 5.10 Å². The third-order valence-electron chi connectivity index (χ3n) is 3.84. The van der Waals surface area contributed by atoms with Crippen molar-refractivity contribution >= 4 is 27.5 Å². The lowest BCUT2D eigenvalue weighted by Crippen LogP contribution is -2.19. The van der Waals surface area contributed by atoms with Crippen molar-refractivity contribution in [3.05, 3.63) is 94.5 Å². The first-order chi connectivity index (χ1) is 12.1. The van der Waals surface area contributed by atoms with Crippen LogP contribution in [0.25, 0.3) is 11.1 Å². The molecule has 0 heterocycles. The van der Waals surface area contributed by atoms with Crippen LogP contribution in [-0.2, 0) is 0 Å². The molecule has 124 valence electrons. The third kappa shape index (κ3) is 4.43. The van der Waals surface area contributed by atoms with Gasteiger partial charge < -0.3 is 0 Å². The summed E-state index contributed by atoms with van der Waals surface area (Å²) in [5.41, 5.74) is 7.10. The Kier molecular flexibility index (Phi) is 5.41. The van der Waals surface area contributed by atoms with E-state index in [9.17, 15) is 4.79 Å². The summed E-state index contributed by atoms with van der Waals surface area (Å²) < 4.78 is 1.01. The fourth-order valence-electron chi connectivity index (χ4n) is 2.40. The number of carbonyl (C=O) groups is 1. The lowest BCUT2D eigenvalue weighted by atomic mass is 10.0. The molecule has 0 bridgehead atoms. The van der Waals surface area contributed by atoms with Crippen molar-refractivity contribution in [3.8, 4) is 11.1 Å². The summed E-state index contributed by atoms with van der Waals surface area (Å²) in [7, 11) is 0. The summed E-state index contributed by atoms with van der Waals surface area (Å²) in [4.78, 5) is 12.3. The Labute approximate surface area is 155 Å². The van der Waals surface area contributed by atoms with Gasteiger partial charge in [0.2, 0.25) is 0 Å². The zero-order chi connectivity index (χ0) is 17.6. The van der Waals surface area contributed by atoms with Crippen LogP contribution in [-0.4, -0.2) is 11.6 Å². The second kappa shape index (κ2) is 7.90. The second-order valence-corrected chi connectivity index (χ2v) is 6.50. The number of carbonyl (C=O) groups excluding carboxylic acids is 1. The number of hydrazone groups is 1. The summed E-state index contributed by atoms with van der Waals surface area (Å²) in [5.74, 6) is -0.226. The highest BCUT2D eigenvalue weighted by Crippen LogP contribution is 2.19. The minimum atomic E-state index is -0.226. The molecule has 0 fully saturated rings. The Hall–Kier alpha value is -2.72. The largest absolute Gasteiger partial charge is 0.271 e. The van der Waals surface area contributed by atoms with E-state index in [4.69, 9.17) is 0 Å². The fourth-order valence-corrected chi connectivity index (χ4v) is 2.66. The molecule has 25 heavy (non-hydrogen) atoms. The molecule has 1 N–H and O–H groups in total. The summed E-state index contributed by atoms with van der Waals surface area (Å²) >= 11 is 3.40. The number of halogens is 1. The molecule has 0 spiro atoms. The Balaban J connectivity index is 1.69. The molecule has 0 saturated heterocycles. The van der Waals surface area contributed by atoms with Crippen molar-refractivity contribution in [1.29, 1.82) is 0 Å². The maximum absolute atomic E-state index is 12.3. The van der Waals surface area contributed by atoms with E-state index in [0.717, 1.165) is 26.9 Å². The first kappa shape index (κ1) is 17.1. The molecule has 4 heteroatoms. The molecule has 0 unspecified atom stereocenters. The number of nitrogens with one attached hydrogen (secondary N) is 1. The fraction of sp³-hybridized carbons (Fsp3) is 0.0476. The normalized spacial score (nSPS) is 11.2. The van der Waals surface area contributed by atoms with Crippen LogP contribution in [0, 0.1) is 0 Å². The summed E-state index contributed by atoms with van der Waals surface area (Å²) in [5, 5.41) is 4.18. The molecular weight excluding hydrogens is 376 g/mol. The minimum Gasteiger partial charge on any atom is -0.267 e. The molecule has 0 atom stereocenters. The Morgan fingerprint density at radius 3 is 2.00 bits per heavy atom. The van der Waals surface area contributed by atoms with Gasteiger partial charge in [0.25, 0.3) is 5.91 Å². The van der Waals surface area contributed by atoms with E-state index in [-0.39, 0.29) is 5.91 Å². The molecule has 3 nitrogen and oxygen atoms in total. The number of benzene rings is 3. The van der Waals surface area contributed by atoms with Crippen LogP contribution < -0.4 is 5.43 Å². The van der Waals surface area contributed by atoms with Gasteiger partial charge >= 0.3 is 0 Å². The molecule has 3 aromatic rings. The number of nitrogens with zero attached hydrogens (tertiary/aromatic N) is 1. The highest BCUT2D eigenvalue weighted by atomic mass is 79.9. The molecule has 0 aliphatic rings. The molecule has 3 rings (SSSR count). The maximum atomic E-state index is 12.3. The number of hydrogen-bond donors (Lipinski definition) is 1. The van der Waals surface area contributed by atoms with Crippen LogP contribution in [0.15, 0.2) is 88.4 Å². The Bertz CT molecular complexity index is 885. The van der Waals surface area contributed by atoms with E-state index in [1.54, 1.807) is 0 Å².